The van der Waals surface area contributed by atoms with Crippen LogP contribution in [0.3, 0.4) is 0 Å². The van der Waals surface area contributed by atoms with E-state index in [1.807, 2.05) is 61.1 Å². The number of pyridine rings is 4. The Morgan fingerprint density at radius 1 is 0.741 bits per heavy atom. The van der Waals surface area contributed by atoms with Crippen molar-refractivity contribution in [1.29, 1.82) is 0 Å². The first kappa shape index (κ1) is 16.8. The lowest BCUT2D eigenvalue weighted by Gasteiger charge is -2.34. The van der Waals surface area contributed by atoms with Gasteiger partial charge in [0.05, 0.1) is 11.1 Å². The van der Waals surface area contributed by atoms with Gasteiger partial charge in [-0.2, -0.15) is 0 Å². The lowest BCUT2D eigenvalue weighted by Crippen LogP contribution is -2.33. The second-order valence-corrected chi connectivity index (χ2v) is 6.33. The Balaban J connectivity index is 2.00. The van der Waals surface area contributed by atoms with Crippen LogP contribution in [0.15, 0.2) is 91.6 Å². The topological polar surface area (TPSA) is 77.6 Å². The predicted molar refractivity (Wildman–Crippen MR) is 105 cm³/mol. The number of anilines is 1. The Bertz CT molecular complexity index is 908. The fourth-order valence-electron chi connectivity index (χ4n) is 3.47. The summed E-state index contributed by atoms with van der Waals surface area (Å²) < 4.78 is 0. The van der Waals surface area contributed by atoms with E-state index in [4.69, 9.17) is 10.7 Å². The van der Waals surface area contributed by atoms with E-state index in [1.54, 1.807) is 18.5 Å². The van der Waals surface area contributed by atoms with Crippen molar-refractivity contribution in [3.8, 4) is 0 Å². The number of hydrogen-bond acceptors (Lipinski definition) is 5. The third-order valence-corrected chi connectivity index (χ3v) is 4.69. The molecule has 0 aliphatic rings. The molecule has 0 aromatic carbocycles. The molecule has 27 heavy (non-hydrogen) atoms. The van der Waals surface area contributed by atoms with Gasteiger partial charge in [0.15, 0.2) is 0 Å². The van der Waals surface area contributed by atoms with Gasteiger partial charge in [0.25, 0.3) is 0 Å². The van der Waals surface area contributed by atoms with Crippen LogP contribution in [0.4, 0.5) is 5.82 Å². The smallest absolute Gasteiger partial charge is 0.123 e. The van der Waals surface area contributed by atoms with Crippen molar-refractivity contribution in [2.24, 2.45) is 0 Å². The molecule has 0 unspecified atom stereocenters. The van der Waals surface area contributed by atoms with Gasteiger partial charge in [0.2, 0.25) is 0 Å². The maximum Gasteiger partial charge on any atom is 0.123 e. The number of hydrogen-bond donors (Lipinski definition) is 1. The minimum absolute atomic E-state index is 0.500. The van der Waals surface area contributed by atoms with Crippen molar-refractivity contribution in [2.45, 2.75) is 11.8 Å². The summed E-state index contributed by atoms with van der Waals surface area (Å²) in [7, 11) is 0. The third-order valence-electron chi connectivity index (χ3n) is 4.69. The zero-order valence-electron chi connectivity index (χ0n) is 14.7. The molecule has 0 radical (unpaired) electrons. The number of aromatic nitrogens is 4. The van der Waals surface area contributed by atoms with E-state index in [-0.39, 0.29) is 0 Å². The van der Waals surface area contributed by atoms with Gasteiger partial charge in [-0.05, 0) is 47.5 Å². The quantitative estimate of drug-likeness (QED) is 0.595. The monoisotopic (exact) mass is 353 g/mol. The Labute approximate surface area is 158 Å². The van der Waals surface area contributed by atoms with E-state index in [0.717, 1.165) is 22.5 Å². The molecule has 0 saturated heterocycles. The van der Waals surface area contributed by atoms with Crippen LogP contribution in [0.2, 0.25) is 0 Å². The molecule has 4 aromatic heterocycles. The van der Waals surface area contributed by atoms with E-state index in [1.165, 1.54) is 0 Å². The molecule has 0 saturated carbocycles. The van der Waals surface area contributed by atoms with Crippen molar-refractivity contribution in [2.75, 3.05) is 5.73 Å². The summed E-state index contributed by atoms with van der Waals surface area (Å²) in [6, 6.07) is 19.7. The summed E-state index contributed by atoms with van der Waals surface area (Å²) in [5.74, 6) is 0.500. The van der Waals surface area contributed by atoms with Crippen molar-refractivity contribution in [3.05, 3.63) is 114 Å². The van der Waals surface area contributed by atoms with Gasteiger partial charge in [-0.1, -0.05) is 24.3 Å². The molecule has 0 spiro atoms. The largest absolute Gasteiger partial charge is 0.384 e. The van der Waals surface area contributed by atoms with Crippen LogP contribution in [0.1, 0.15) is 22.5 Å². The Hall–Kier alpha value is -3.60. The molecule has 5 heteroatoms. The summed E-state index contributed by atoms with van der Waals surface area (Å²) in [6.07, 6.45) is 9.71. The average Bonchev–Trinajstić information content (AvgIpc) is 2.74. The zero-order valence-corrected chi connectivity index (χ0v) is 14.7. The molecule has 132 valence electrons. The van der Waals surface area contributed by atoms with Crippen LogP contribution in [0.5, 0.6) is 0 Å². The molecule has 0 amide bonds. The molecule has 5 nitrogen and oxygen atoms in total. The molecular weight excluding hydrogens is 334 g/mol. The van der Waals surface area contributed by atoms with Gasteiger partial charge in [-0.25, -0.2) is 4.98 Å². The molecular formula is C22H19N5. The highest BCUT2D eigenvalue weighted by Gasteiger charge is 2.39. The van der Waals surface area contributed by atoms with Crippen molar-refractivity contribution < 1.29 is 0 Å². The second kappa shape index (κ2) is 7.33. The fraction of sp³-hybridized carbons (Fsp3) is 0.0909. The van der Waals surface area contributed by atoms with Gasteiger partial charge < -0.3 is 5.73 Å². The number of rotatable bonds is 5. The first-order chi connectivity index (χ1) is 13.3. The highest BCUT2D eigenvalue weighted by atomic mass is 14.8. The zero-order chi connectivity index (χ0) is 18.5. The maximum atomic E-state index is 5.94. The van der Waals surface area contributed by atoms with Crippen LogP contribution < -0.4 is 5.73 Å². The number of nitrogen functional groups attached to an aromatic ring is 1. The Morgan fingerprint density at radius 2 is 1.48 bits per heavy atom. The van der Waals surface area contributed by atoms with Gasteiger partial charge in [0, 0.05) is 43.1 Å². The van der Waals surface area contributed by atoms with E-state index in [0.29, 0.717) is 12.2 Å². The predicted octanol–water partition coefficient (Wildman–Crippen LogP) is 3.43. The summed E-state index contributed by atoms with van der Waals surface area (Å²) in [5, 5.41) is 0. The van der Waals surface area contributed by atoms with E-state index in [2.05, 4.69) is 27.1 Å². The highest BCUT2D eigenvalue weighted by Crippen LogP contribution is 2.40. The molecule has 2 N–H and O–H groups in total. The fourth-order valence-corrected chi connectivity index (χ4v) is 3.47. The lowest BCUT2D eigenvalue weighted by molar-refractivity contribution is 0.579. The average molecular weight is 353 g/mol. The Kier molecular flexibility index (Phi) is 4.58. The van der Waals surface area contributed by atoms with Crippen LogP contribution in [-0.4, -0.2) is 19.9 Å². The normalized spacial score (nSPS) is 11.3. The molecule has 4 rings (SSSR count). The van der Waals surface area contributed by atoms with Gasteiger partial charge in [-0.15, -0.1) is 0 Å². The number of nitrogens with zero attached hydrogens (tertiary/aromatic N) is 4. The number of nitrogens with two attached hydrogens (primary N) is 1. The highest BCUT2D eigenvalue weighted by molar-refractivity contribution is 5.48. The molecule has 4 heterocycles. The lowest BCUT2D eigenvalue weighted by atomic mass is 9.69. The van der Waals surface area contributed by atoms with Crippen LogP contribution in [-0.2, 0) is 11.8 Å². The SMILES string of the molecule is Nc1cccc(CC(c2cccnc2)(c2cccnc2)c2ccccn2)n1. The first-order valence-electron chi connectivity index (χ1n) is 8.73. The van der Waals surface area contributed by atoms with Crippen molar-refractivity contribution in [3.63, 3.8) is 0 Å². The first-order valence-corrected chi connectivity index (χ1v) is 8.73. The van der Waals surface area contributed by atoms with E-state index >= 15 is 0 Å². The molecule has 0 aliphatic heterocycles. The van der Waals surface area contributed by atoms with Gasteiger partial charge in [0.1, 0.15) is 5.82 Å². The van der Waals surface area contributed by atoms with Crippen LogP contribution in [0, 0.1) is 0 Å². The second-order valence-electron chi connectivity index (χ2n) is 6.33. The summed E-state index contributed by atoms with van der Waals surface area (Å²) >= 11 is 0. The molecule has 0 atom stereocenters. The standard InChI is InChI=1S/C22H19N5/c23-21-10-3-8-19(27-21)14-22(17-6-4-11-24-15-17,18-7-5-12-25-16-18)20-9-1-2-13-26-20/h1-13,15-16H,14H2,(H2,23,27). The summed E-state index contributed by atoms with van der Waals surface area (Å²) in [6.45, 7) is 0. The minimum Gasteiger partial charge on any atom is -0.384 e. The molecule has 4 aromatic rings. The van der Waals surface area contributed by atoms with E-state index < -0.39 is 5.41 Å². The molecule has 0 fully saturated rings. The summed E-state index contributed by atoms with van der Waals surface area (Å²) in [4.78, 5) is 18.0. The van der Waals surface area contributed by atoms with Crippen LogP contribution in [0.25, 0.3) is 0 Å². The third kappa shape index (κ3) is 3.27. The maximum absolute atomic E-state index is 5.94. The van der Waals surface area contributed by atoms with Crippen molar-refractivity contribution in [1.82, 2.24) is 19.9 Å². The van der Waals surface area contributed by atoms with Gasteiger partial charge >= 0.3 is 0 Å². The van der Waals surface area contributed by atoms with Gasteiger partial charge in [-0.3, -0.25) is 15.0 Å². The summed E-state index contributed by atoms with van der Waals surface area (Å²) in [5.41, 5.74) is 9.22. The molecule has 0 aliphatic carbocycles. The Morgan fingerprint density at radius 3 is 2.04 bits per heavy atom. The minimum atomic E-state index is -0.579. The van der Waals surface area contributed by atoms with E-state index in [9.17, 15) is 0 Å². The molecule has 0 bridgehead atoms. The van der Waals surface area contributed by atoms with Crippen LogP contribution >= 0.6 is 0 Å². The van der Waals surface area contributed by atoms with Crippen molar-refractivity contribution >= 4 is 5.82 Å².